The van der Waals surface area contributed by atoms with Crippen molar-refractivity contribution in [1.29, 1.82) is 0 Å². The number of quaternary nitrogens is 1. The standard InChI is InChI=1S/C24H26N4OS/c1-19-16-22(21-10-6-3-7-11-21)26-24(25-19)30-18-23(29)28-14-12-27(13-15-28)17-20-8-4-2-5-9-20/h2-11,16H,12-15,17-18H2,1H3/p+1. The van der Waals surface area contributed by atoms with Crippen LogP contribution in [0.3, 0.4) is 0 Å². The first-order valence-electron chi connectivity index (χ1n) is 10.4. The van der Waals surface area contributed by atoms with Gasteiger partial charge in [0, 0.05) is 16.8 Å². The van der Waals surface area contributed by atoms with Gasteiger partial charge in [-0.3, -0.25) is 4.79 Å². The Morgan fingerprint density at radius 3 is 2.37 bits per heavy atom. The van der Waals surface area contributed by atoms with E-state index in [1.54, 1.807) is 0 Å². The number of hydrogen-bond acceptors (Lipinski definition) is 4. The van der Waals surface area contributed by atoms with E-state index in [0.29, 0.717) is 10.9 Å². The van der Waals surface area contributed by atoms with Crippen LogP contribution in [0.4, 0.5) is 0 Å². The minimum Gasteiger partial charge on any atom is -0.331 e. The highest BCUT2D eigenvalue weighted by Gasteiger charge is 2.24. The lowest BCUT2D eigenvalue weighted by Gasteiger charge is -2.32. The van der Waals surface area contributed by atoms with Crippen molar-refractivity contribution < 1.29 is 9.69 Å². The number of aromatic nitrogens is 2. The highest BCUT2D eigenvalue weighted by Crippen LogP contribution is 2.21. The van der Waals surface area contributed by atoms with Crippen LogP contribution in [-0.2, 0) is 11.3 Å². The molecule has 1 aliphatic heterocycles. The summed E-state index contributed by atoms with van der Waals surface area (Å²) in [5.74, 6) is 0.552. The number of rotatable bonds is 6. The third-order valence-electron chi connectivity index (χ3n) is 5.35. The summed E-state index contributed by atoms with van der Waals surface area (Å²) in [4.78, 5) is 25.4. The van der Waals surface area contributed by atoms with Crippen LogP contribution in [-0.4, -0.2) is 52.7 Å². The van der Waals surface area contributed by atoms with Crippen LogP contribution < -0.4 is 4.90 Å². The van der Waals surface area contributed by atoms with Crippen LogP contribution in [0.5, 0.6) is 0 Å². The molecule has 3 aromatic rings. The van der Waals surface area contributed by atoms with Gasteiger partial charge in [0.05, 0.1) is 37.6 Å². The molecule has 0 radical (unpaired) electrons. The first-order valence-corrected chi connectivity index (χ1v) is 11.3. The van der Waals surface area contributed by atoms with E-state index in [2.05, 4.69) is 34.2 Å². The van der Waals surface area contributed by atoms with Gasteiger partial charge in [-0.2, -0.15) is 0 Å². The summed E-state index contributed by atoms with van der Waals surface area (Å²) in [7, 11) is 0. The molecule has 6 heteroatoms. The Morgan fingerprint density at radius 2 is 1.67 bits per heavy atom. The second kappa shape index (κ2) is 9.87. The normalized spacial score (nSPS) is 14.6. The Morgan fingerprint density at radius 1 is 1.00 bits per heavy atom. The van der Waals surface area contributed by atoms with Gasteiger partial charge in [-0.05, 0) is 13.0 Å². The van der Waals surface area contributed by atoms with E-state index in [9.17, 15) is 4.79 Å². The average molecular weight is 420 g/mol. The smallest absolute Gasteiger partial charge is 0.233 e. The molecule has 5 nitrogen and oxygen atoms in total. The predicted octanol–water partition coefficient (Wildman–Crippen LogP) is 2.47. The molecule has 1 N–H and O–H groups in total. The number of hydrogen-bond donors (Lipinski definition) is 1. The van der Waals surface area contributed by atoms with Gasteiger partial charge in [0.2, 0.25) is 5.91 Å². The summed E-state index contributed by atoms with van der Waals surface area (Å²) in [5.41, 5.74) is 4.23. The first kappa shape index (κ1) is 20.6. The van der Waals surface area contributed by atoms with Gasteiger partial charge >= 0.3 is 0 Å². The number of thioether (sulfide) groups is 1. The topological polar surface area (TPSA) is 50.5 Å². The highest BCUT2D eigenvalue weighted by atomic mass is 32.2. The molecule has 154 valence electrons. The van der Waals surface area contributed by atoms with Crippen LogP contribution >= 0.6 is 11.8 Å². The molecule has 0 bridgehead atoms. The quantitative estimate of drug-likeness (QED) is 0.493. The number of nitrogens with one attached hydrogen (secondary N) is 1. The number of aryl methyl sites for hydroxylation is 1. The molecule has 0 saturated carbocycles. The number of amides is 1. The van der Waals surface area contributed by atoms with Gasteiger partial charge in [0.25, 0.3) is 0 Å². The van der Waals surface area contributed by atoms with E-state index in [1.165, 1.54) is 22.2 Å². The van der Waals surface area contributed by atoms with E-state index in [-0.39, 0.29) is 5.91 Å². The van der Waals surface area contributed by atoms with E-state index in [4.69, 9.17) is 0 Å². The van der Waals surface area contributed by atoms with Gasteiger partial charge in [0.15, 0.2) is 5.16 Å². The molecular formula is C24H27N4OS+. The zero-order chi connectivity index (χ0) is 20.8. The van der Waals surface area contributed by atoms with Crippen LogP contribution in [0.25, 0.3) is 11.3 Å². The largest absolute Gasteiger partial charge is 0.331 e. The molecular weight excluding hydrogens is 392 g/mol. The Balaban J connectivity index is 1.30. The summed E-state index contributed by atoms with van der Waals surface area (Å²) in [6, 6.07) is 22.6. The number of benzene rings is 2. The van der Waals surface area contributed by atoms with E-state index < -0.39 is 0 Å². The molecule has 30 heavy (non-hydrogen) atoms. The number of piperazine rings is 1. The third-order valence-corrected chi connectivity index (χ3v) is 6.18. The minimum absolute atomic E-state index is 0.171. The maximum absolute atomic E-state index is 12.7. The fourth-order valence-corrected chi connectivity index (χ4v) is 4.52. The molecule has 2 heterocycles. The minimum atomic E-state index is 0.171. The van der Waals surface area contributed by atoms with Crippen molar-refractivity contribution in [2.45, 2.75) is 18.6 Å². The summed E-state index contributed by atoms with van der Waals surface area (Å²) >= 11 is 1.43. The molecule has 0 atom stereocenters. The summed E-state index contributed by atoms with van der Waals surface area (Å²) in [6.07, 6.45) is 0. The molecule has 1 amide bonds. The van der Waals surface area contributed by atoms with Crippen molar-refractivity contribution >= 4 is 17.7 Å². The van der Waals surface area contributed by atoms with Gasteiger partial charge < -0.3 is 9.80 Å². The molecule has 2 aromatic carbocycles. The molecule has 1 aromatic heterocycles. The van der Waals surface area contributed by atoms with Crippen molar-refractivity contribution in [3.05, 3.63) is 78.0 Å². The lowest BCUT2D eigenvalue weighted by atomic mass is 10.1. The molecule has 0 spiro atoms. The predicted molar refractivity (Wildman–Crippen MR) is 120 cm³/mol. The third kappa shape index (κ3) is 5.46. The highest BCUT2D eigenvalue weighted by molar-refractivity contribution is 7.99. The fraction of sp³-hybridized carbons (Fsp3) is 0.292. The molecule has 1 aliphatic rings. The van der Waals surface area contributed by atoms with Crippen LogP contribution in [0.15, 0.2) is 71.9 Å². The zero-order valence-electron chi connectivity index (χ0n) is 17.3. The molecule has 1 saturated heterocycles. The maximum Gasteiger partial charge on any atom is 0.233 e. The number of nitrogens with zero attached hydrogens (tertiary/aromatic N) is 3. The molecule has 0 unspecified atom stereocenters. The summed E-state index contributed by atoms with van der Waals surface area (Å²) < 4.78 is 0. The second-order valence-corrected chi connectivity index (χ2v) is 8.57. The SMILES string of the molecule is Cc1cc(-c2ccccc2)nc(SCC(=O)N2CC[NH+](Cc3ccccc3)CC2)n1. The average Bonchev–Trinajstić information content (AvgIpc) is 2.79. The van der Waals surface area contributed by atoms with E-state index in [1.807, 2.05) is 54.3 Å². The van der Waals surface area contributed by atoms with Crippen molar-refractivity contribution in [3.8, 4) is 11.3 Å². The Labute approximate surface area is 182 Å². The fourth-order valence-electron chi connectivity index (χ4n) is 3.71. The van der Waals surface area contributed by atoms with Crippen molar-refractivity contribution in [1.82, 2.24) is 14.9 Å². The molecule has 1 fully saturated rings. The van der Waals surface area contributed by atoms with Gasteiger partial charge in [0.1, 0.15) is 6.54 Å². The Hall–Kier alpha value is -2.70. The number of carbonyl (C=O) groups is 1. The summed E-state index contributed by atoms with van der Waals surface area (Å²) in [6.45, 7) is 6.59. The van der Waals surface area contributed by atoms with Crippen molar-refractivity contribution in [2.75, 3.05) is 31.9 Å². The monoisotopic (exact) mass is 419 g/mol. The lowest BCUT2D eigenvalue weighted by molar-refractivity contribution is -0.917. The van der Waals surface area contributed by atoms with Crippen molar-refractivity contribution in [3.63, 3.8) is 0 Å². The maximum atomic E-state index is 12.7. The van der Waals surface area contributed by atoms with Crippen molar-refractivity contribution in [2.24, 2.45) is 0 Å². The van der Waals surface area contributed by atoms with E-state index in [0.717, 1.165) is 49.7 Å². The van der Waals surface area contributed by atoms with Crippen LogP contribution in [0, 0.1) is 6.92 Å². The van der Waals surface area contributed by atoms with E-state index >= 15 is 0 Å². The second-order valence-electron chi connectivity index (χ2n) is 7.63. The lowest BCUT2D eigenvalue weighted by Crippen LogP contribution is -3.13. The molecule has 0 aliphatic carbocycles. The Bertz CT molecular complexity index is 973. The van der Waals surface area contributed by atoms with Gasteiger partial charge in [-0.15, -0.1) is 0 Å². The molecule has 4 rings (SSSR count). The van der Waals surface area contributed by atoms with Crippen LogP contribution in [0.1, 0.15) is 11.3 Å². The summed E-state index contributed by atoms with van der Waals surface area (Å²) in [5, 5.41) is 0.663. The Kier molecular flexibility index (Phi) is 6.77. The first-order chi connectivity index (χ1) is 14.7. The number of carbonyl (C=O) groups excluding carboxylic acids is 1. The zero-order valence-corrected chi connectivity index (χ0v) is 18.1. The van der Waals surface area contributed by atoms with Crippen LogP contribution in [0.2, 0.25) is 0 Å². The van der Waals surface area contributed by atoms with Gasteiger partial charge in [-0.25, -0.2) is 9.97 Å². The van der Waals surface area contributed by atoms with Gasteiger partial charge in [-0.1, -0.05) is 72.4 Å².